The van der Waals surface area contributed by atoms with Gasteiger partial charge in [-0.2, -0.15) is 0 Å². The van der Waals surface area contributed by atoms with Crippen molar-refractivity contribution in [3.05, 3.63) is 54.4 Å². The number of aromatic nitrogens is 1. The Morgan fingerprint density at radius 2 is 2.00 bits per heavy atom. The van der Waals surface area contributed by atoms with Crippen molar-refractivity contribution in [1.29, 1.82) is 0 Å². The topological polar surface area (TPSA) is 33.2 Å². The van der Waals surface area contributed by atoms with Gasteiger partial charge in [0.2, 0.25) is 0 Å². The minimum absolute atomic E-state index is 0.107. The van der Waals surface area contributed by atoms with Crippen LogP contribution in [0.1, 0.15) is 10.4 Å². The van der Waals surface area contributed by atoms with Crippen molar-refractivity contribution in [1.82, 2.24) is 9.88 Å². The van der Waals surface area contributed by atoms with Crippen LogP contribution in [0.5, 0.6) is 0 Å². The SMILES string of the molecule is C=CCN(CC=C)C(=O)c1ccc(Cl)nc1. The first kappa shape index (κ1) is 12.5. The van der Waals surface area contributed by atoms with Crippen LogP contribution in [-0.4, -0.2) is 28.9 Å². The maximum atomic E-state index is 12.0. The van der Waals surface area contributed by atoms with Crippen LogP contribution in [0.2, 0.25) is 5.15 Å². The van der Waals surface area contributed by atoms with E-state index in [1.807, 2.05) is 0 Å². The maximum absolute atomic E-state index is 12.0. The van der Waals surface area contributed by atoms with Crippen LogP contribution < -0.4 is 0 Å². The summed E-state index contributed by atoms with van der Waals surface area (Å²) in [6.45, 7) is 8.18. The maximum Gasteiger partial charge on any atom is 0.255 e. The molecule has 0 aromatic carbocycles. The molecule has 1 rings (SSSR count). The van der Waals surface area contributed by atoms with Crippen LogP contribution in [-0.2, 0) is 0 Å². The van der Waals surface area contributed by atoms with Crippen LogP contribution in [0.3, 0.4) is 0 Å². The van der Waals surface area contributed by atoms with E-state index in [1.165, 1.54) is 6.20 Å². The second-order valence-corrected chi connectivity index (χ2v) is 3.54. The summed E-state index contributed by atoms with van der Waals surface area (Å²) >= 11 is 5.65. The van der Waals surface area contributed by atoms with E-state index < -0.39 is 0 Å². The smallest absolute Gasteiger partial charge is 0.255 e. The van der Waals surface area contributed by atoms with Gasteiger partial charge in [-0.25, -0.2) is 4.98 Å². The van der Waals surface area contributed by atoms with Gasteiger partial charge in [0.25, 0.3) is 5.91 Å². The van der Waals surface area contributed by atoms with Gasteiger partial charge in [0, 0.05) is 19.3 Å². The largest absolute Gasteiger partial charge is 0.331 e. The molecule has 0 bridgehead atoms. The number of halogens is 1. The second-order valence-electron chi connectivity index (χ2n) is 3.16. The first-order valence-corrected chi connectivity index (χ1v) is 5.19. The van der Waals surface area contributed by atoms with Gasteiger partial charge in [0.15, 0.2) is 0 Å². The molecule has 0 radical (unpaired) electrons. The molecule has 3 nitrogen and oxygen atoms in total. The monoisotopic (exact) mass is 236 g/mol. The molecule has 84 valence electrons. The van der Waals surface area contributed by atoms with E-state index in [4.69, 9.17) is 11.6 Å². The minimum atomic E-state index is -0.107. The molecule has 0 saturated heterocycles. The molecule has 4 heteroatoms. The fourth-order valence-electron chi connectivity index (χ4n) is 1.24. The fourth-order valence-corrected chi connectivity index (χ4v) is 1.35. The molecule has 1 amide bonds. The molecule has 16 heavy (non-hydrogen) atoms. The highest BCUT2D eigenvalue weighted by Gasteiger charge is 2.13. The van der Waals surface area contributed by atoms with Crippen LogP contribution in [0.15, 0.2) is 43.6 Å². The molecule has 0 saturated carbocycles. The van der Waals surface area contributed by atoms with E-state index >= 15 is 0 Å². The summed E-state index contributed by atoms with van der Waals surface area (Å²) < 4.78 is 0. The van der Waals surface area contributed by atoms with Gasteiger partial charge in [0.05, 0.1) is 5.56 Å². The van der Waals surface area contributed by atoms with Crippen LogP contribution in [0.4, 0.5) is 0 Å². The van der Waals surface area contributed by atoms with Crippen LogP contribution in [0, 0.1) is 0 Å². The quantitative estimate of drug-likeness (QED) is 0.582. The van der Waals surface area contributed by atoms with E-state index in [0.29, 0.717) is 23.8 Å². The first-order valence-electron chi connectivity index (χ1n) is 4.81. The molecule has 1 aromatic rings. The Hall–Kier alpha value is -1.61. The number of pyridine rings is 1. The molecule has 0 fully saturated rings. The highest BCUT2D eigenvalue weighted by molar-refractivity contribution is 6.29. The molecule has 1 heterocycles. The summed E-state index contributed by atoms with van der Waals surface area (Å²) in [5.74, 6) is -0.107. The number of carbonyl (C=O) groups excluding carboxylic acids is 1. The lowest BCUT2D eigenvalue weighted by Gasteiger charge is -2.18. The molecule has 0 aliphatic heterocycles. The van der Waals surface area contributed by atoms with Crippen LogP contribution >= 0.6 is 11.6 Å². The van der Waals surface area contributed by atoms with Gasteiger partial charge in [-0.1, -0.05) is 23.8 Å². The summed E-state index contributed by atoms with van der Waals surface area (Å²) in [4.78, 5) is 17.5. The molecular formula is C12H13ClN2O. The lowest BCUT2D eigenvalue weighted by Crippen LogP contribution is -2.31. The van der Waals surface area contributed by atoms with Crippen molar-refractivity contribution in [2.75, 3.05) is 13.1 Å². The lowest BCUT2D eigenvalue weighted by atomic mass is 10.2. The summed E-state index contributed by atoms with van der Waals surface area (Å²) in [5, 5.41) is 0.371. The average Bonchev–Trinajstić information content (AvgIpc) is 2.29. The molecule has 0 unspecified atom stereocenters. The third-order valence-corrected chi connectivity index (χ3v) is 2.18. The van der Waals surface area contributed by atoms with Gasteiger partial charge >= 0.3 is 0 Å². The Morgan fingerprint density at radius 3 is 2.44 bits per heavy atom. The lowest BCUT2D eigenvalue weighted by molar-refractivity contribution is 0.0790. The molecular weight excluding hydrogens is 224 g/mol. The van der Waals surface area contributed by atoms with Crippen molar-refractivity contribution < 1.29 is 4.79 Å². The number of hydrogen-bond donors (Lipinski definition) is 0. The average molecular weight is 237 g/mol. The fraction of sp³-hybridized carbons (Fsp3) is 0.167. The van der Waals surface area contributed by atoms with Gasteiger partial charge in [-0.3, -0.25) is 4.79 Å². The molecule has 1 aromatic heterocycles. The molecule has 0 spiro atoms. The molecule has 0 aliphatic rings. The minimum Gasteiger partial charge on any atom is -0.331 e. The van der Waals surface area contributed by atoms with Gasteiger partial charge in [-0.05, 0) is 12.1 Å². The van der Waals surface area contributed by atoms with Gasteiger partial charge < -0.3 is 4.90 Å². The van der Waals surface area contributed by atoms with Crippen molar-refractivity contribution in [2.45, 2.75) is 0 Å². The van der Waals surface area contributed by atoms with E-state index in [9.17, 15) is 4.79 Å². The number of hydrogen-bond acceptors (Lipinski definition) is 2. The third-order valence-electron chi connectivity index (χ3n) is 1.96. The Balaban J connectivity index is 2.84. The zero-order valence-electron chi connectivity index (χ0n) is 8.90. The highest BCUT2D eigenvalue weighted by Crippen LogP contribution is 2.08. The predicted octanol–water partition coefficient (Wildman–Crippen LogP) is 2.55. The van der Waals surface area contributed by atoms with E-state index in [1.54, 1.807) is 29.2 Å². The summed E-state index contributed by atoms with van der Waals surface area (Å²) in [7, 11) is 0. The Kier molecular flexibility index (Phi) is 4.73. The first-order chi connectivity index (χ1) is 7.69. The normalized spacial score (nSPS) is 9.56. The Bertz CT molecular complexity index is 377. The van der Waals surface area contributed by atoms with E-state index in [-0.39, 0.29) is 5.91 Å². The Labute approximate surface area is 100 Å². The summed E-state index contributed by atoms with van der Waals surface area (Å²) in [5.41, 5.74) is 0.508. The highest BCUT2D eigenvalue weighted by atomic mass is 35.5. The van der Waals surface area contributed by atoms with Crippen LogP contribution in [0.25, 0.3) is 0 Å². The second kappa shape index (κ2) is 6.08. The van der Waals surface area contributed by atoms with Crippen molar-refractivity contribution in [3.8, 4) is 0 Å². The standard InChI is InChI=1S/C12H13ClN2O/c1-3-7-15(8-4-2)12(16)10-5-6-11(13)14-9-10/h3-6,9H,1-2,7-8H2. The van der Waals surface area contributed by atoms with Gasteiger partial charge in [-0.15, -0.1) is 13.2 Å². The summed E-state index contributed by atoms with van der Waals surface area (Å²) in [6, 6.07) is 3.24. The Morgan fingerprint density at radius 1 is 1.38 bits per heavy atom. The van der Waals surface area contributed by atoms with E-state index in [2.05, 4.69) is 18.1 Å². The number of amides is 1. The third kappa shape index (κ3) is 3.21. The zero-order valence-corrected chi connectivity index (χ0v) is 9.65. The number of rotatable bonds is 5. The molecule has 0 aliphatic carbocycles. The number of nitrogens with zero attached hydrogens (tertiary/aromatic N) is 2. The van der Waals surface area contributed by atoms with Crippen molar-refractivity contribution in [3.63, 3.8) is 0 Å². The molecule has 0 atom stereocenters. The van der Waals surface area contributed by atoms with Crippen molar-refractivity contribution >= 4 is 17.5 Å². The number of carbonyl (C=O) groups is 1. The zero-order chi connectivity index (χ0) is 12.0. The predicted molar refractivity (Wildman–Crippen MR) is 65.5 cm³/mol. The van der Waals surface area contributed by atoms with Gasteiger partial charge in [0.1, 0.15) is 5.15 Å². The molecule has 0 N–H and O–H groups in total. The van der Waals surface area contributed by atoms with Crippen molar-refractivity contribution in [2.24, 2.45) is 0 Å². The summed E-state index contributed by atoms with van der Waals surface area (Å²) in [6.07, 6.45) is 4.80. The van der Waals surface area contributed by atoms with E-state index in [0.717, 1.165) is 0 Å².